The summed E-state index contributed by atoms with van der Waals surface area (Å²) in [5, 5.41) is 8.04. The molecule has 4 aromatic heterocycles. The van der Waals surface area contributed by atoms with Crippen LogP contribution < -0.4 is 5.56 Å². The van der Waals surface area contributed by atoms with Gasteiger partial charge in [0.25, 0.3) is 5.56 Å². The van der Waals surface area contributed by atoms with Gasteiger partial charge in [0.2, 0.25) is 0 Å². The number of halogens is 2. The Morgan fingerprint density at radius 1 is 1.12 bits per heavy atom. The number of thiophene rings is 1. The smallest absolute Gasteiger partial charge is 0.266 e. The van der Waals surface area contributed by atoms with Gasteiger partial charge in [-0.15, -0.1) is 11.3 Å². The van der Waals surface area contributed by atoms with Crippen LogP contribution in [0.5, 0.6) is 0 Å². The zero-order valence-electron chi connectivity index (χ0n) is 12.2. The van der Waals surface area contributed by atoms with Gasteiger partial charge in [0.1, 0.15) is 26.3 Å². The number of fused-ring (bicyclic) bond motifs is 5. The number of aromatic amines is 1. The SMILES string of the molecule is O=c1nc2c(-c3ccc(Cl)c(Cl)c3)n[nH]n2c2c1sc1nccnc12. The van der Waals surface area contributed by atoms with Crippen LogP contribution >= 0.6 is 34.5 Å². The zero-order chi connectivity index (χ0) is 17.1. The minimum Gasteiger partial charge on any atom is -0.266 e. The summed E-state index contributed by atoms with van der Waals surface area (Å²) < 4.78 is 2.12. The minimum absolute atomic E-state index is 0.345. The molecule has 0 radical (unpaired) electrons. The van der Waals surface area contributed by atoms with Crippen molar-refractivity contribution < 1.29 is 0 Å². The first-order chi connectivity index (χ1) is 12.1. The monoisotopic (exact) mass is 388 g/mol. The van der Waals surface area contributed by atoms with Gasteiger partial charge in [-0.25, -0.2) is 19.7 Å². The van der Waals surface area contributed by atoms with Crippen molar-refractivity contribution in [3.8, 4) is 11.3 Å². The molecule has 122 valence electrons. The molecule has 5 aromatic rings. The van der Waals surface area contributed by atoms with E-state index in [-0.39, 0.29) is 5.56 Å². The summed E-state index contributed by atoms with van der Waals surface area (Å²) >= 11 is 13.3. The Morgan fingerprint density at radius 2 is 1.96 bits per heavy atom. The summed E-state index contributed by atoms with van der Waals surface area (Å²) in [5.74, 6) is 0. The third kappa shape index (κ3) is 2.08. The summed E-state index contributed by atoms with van der Waals surface area (Å²) in [6.07, 6.45) is 3.17. The molecule has 10 heteroatoms. The molecule has 0 aliphatic rings. The molecule has 0 bridgehead atoms. The number of benzene rings is 1. The van der Waals surface area contributed by atoms with Crippen LogP contribution in [0.4, 0.5) is 0 Å². The maximum Gasteiger partial charge on any atom is 0.291 e. The Bertz CT molecular complexity index is 1360. The van der Waals surface area contributed by atoms with Crippen molar-refractivity contribution in [2.75, 3.05) is 0 Å². The molecular weight excluding hydrogens is 383 g/mol. The second-order valence-electron chi connectivity index (χ2n) is 5.26. The Morgan fingerprint density at radius 3 is 2.80 bits per heavy atom. The molecule has 1 N–H and O–H groups in total. The second-order valence-corrected chi connectivity index (χ2v) is 7.07. The number of nitrogens with one attached hydrogen (secondary N) is 1. The van der Waals surface area contributed by atoms with Crippen LogP contribution in [0, 0.1) is 0 Å². The standard InChI is InChI=1S/C15H6Cl2N6OS/c16-7-2-1-6(5-8(7)17)9-13-20-14(24)12-11(23(13)22-21-9)10-15(25-12)19-4-3-18-10/h1-5,22H. The van der Waals surface area contributed by atoms with Gasteiger partial charge in [0.15, 0.2) is 5.65 Å². The van der Waals surface area contributed by atoms with Gasteiger partial charge in [-0.1, -0.05) is 29.3 Å². The lowest BCUT2D eigenvalue weighted by Gasteiger charge is -2.00. The Labute approximate surface area is 152 Å². The van der Waals surface area contributed by atoms with E-state index in [0.29, 0.717) is 47.5 Å². The molecule has 1 aromatic carbocycles. The van der Waals surface area contributed by atoms with Crippen molar-refractivity contribution in [1.29, 1.82) is 0 Å². The van der Waals surface area contributed by atoms with E-state index >= 15 is 0 Å². The zero-order valence-corrected chi connectivity index (χ0v) is 14.5. The first kappa shape index (κ1) is 14.8. The van der Waals surface area contributed by atoms with Crippen molar-refractivity contribution in [2.24, 2.45) is 0 Å². The number of hydrogen-bond acceptors (Lipinski definition) is 6. The molecule has 25 heavy (non-hydrogen) atoms. The van der Waals surface area contributed by atoms with Gasteiger partial charge >= 0.3 is 0 Å². The van der Waals surface area contributed by atoms with Crippen LogP contribution in [0.25, 0.3) is 37.5 Å². The third-order valence-corrected chi connectivity index (χ3v) is 5.61. The van der Waals surface area contributed by atoms with Crippen LogP contribution in [0.3, 0.4) is 0 Å². The van der Waals surface area contributed by atoms with Crippen molar-refractivity contribution in [3.05, 3.63) is 51.0 Å². The molecule has 0 amide bonds. The number of aromatic nitrogens is 6. The molecule has 0 aliphatic heterocycles. The maximum absolute atomic E-state index is 12.5. The molecule has 4 heterocycles. The topological polar surface area (TPSA) is 88.8 Å². The van der Waals surface area contributed by atoms with Crippen molar-refractivity contribution >= 4 is 60.7 Å². The lowest BCUT2D eigenvalue weighted by Crippen LogP contribution is -2.08. The maximum atomic E-state index is 12.5. The quantitative estimate of drug-likeness (QED) is 0.474. The molecule has 0 atom stereocenters. The molecular formula is C15H6Cl2N6OS. The predicted octanol–water partition coefficient (Wildman–Crippen LogP) is 3.55. The van der Waals surface area contributed by atoms with Crippen LogP contribution in [0.15, 0.2) is 35.4 Å². The first-order valence-electron chi connectivity index (χ1n) is 7.09. The summed E-state index contributed by atoms with van der Waals surface area (Å²) in [6, 6.07) is 5.13. The average molecular weight is 389 g/mol. The summed E-state index contributed by atoms with van der Waals surface area (Å²) in [7, 11) is 0. The largest absolute Gasteiger partial charge is 0.291 e. The Hall–Kier alpha value is -2.55. The highest BCUT2D eigenvalue weighted by Gasteiger charge is 2.19. The number of rotatable bonds is 1. The molecule has 0 saturated heterocycles. The van der Waals surface area contributed by atoms with Crippen molar-refractivity contribution in [2.45, 2.75) is 0 Å². The first-order valence-corrected chi connectivity index (χ1v) is 8.66. The van der Waals surface area contributed by atoms with Gasteiger partial charge in [-0.2, -0.15) is 10.1 Å². The third-order valence-electron chi connectivity index (χ3n) is 3.81. The predicted molar refractivity (Wildman–Crippen MR) is 97.5 cm³/mol. The molecule has 0 aliphatic carbocycles. The summed E-state index contributed by atoms with van der Waals surface area (Å²) in [5.41, 5.74) is 2.48. The van der Waals surface area contributed by atoms with E-state index in [1.807, 2.05) is 0 Å². The van der Waals surface area contributed by atoms with Crippen molar-refractivity contribution in [1.82, 2.24) is 29.8 Å². The molecule has 0 spiro atoms. The minimum atomic E-state index is -0.345. The van der Waals surface area contributed by atoms with Gasteiger partial charge in [-0.3, -0.25) is 4.79 Å². The number of hydrogen-bond donors (Lipinski definition) is 1. The highest BCUT2D eigenvalue weighted by Crippen LogP contribution is 2.32. The van der Waals surface area contributed by atoms with E-state index in [4.69, 9.17) is 23.2 Å². The second kappa shape index (κ2) is 5.22. The fourth-order valence-electron chi connectivity index (χ4n) is 2.71. The lowest BCUT2D eigenvalue weighted by atomic mass is 10.1. The van der Waals surface area contributed by atoms with Gasteiger partial charge < -0.3 is 0 Å². The molecule has 0 fully saturated rings. The average Bonchev–Trinajstić information content (AvgIpc) is 3.19. The normalized spacial score (nSPS) is 11.8. The van der Waals surface area contributed by atoms with Crippen LogP contribution in [-0.4, -0.2) is 29.8 Å². The molecule has 0 saturated carbocycles. The highest BCUT2D eigenvalue weighted by molar-refractivity contribution is 7.25. The molecule has 0 unspecified atom stereocenters. The van der Waals surface area contributed by atoms with E-state index in [1.165, 1.54) is 11.3 Å². The van der Waals surface area contributed by atoms with Gasteiger partial charge in [0.05, 0.1) is 10.0 Å². The van der Waals surface area contributed by atoms with Crippen LogP contribution in [0.1, 0.15) is 0 Å². The van der Waals surface area contributed by atoms with Crippen molar-refractivity contribution in [3.63, 3.8) is 0 Å². The summed E-state index contributed by atoms with van der Waals surface area (Å²) in [4.78, 5) is 26.0. The highest BCUT2D eigenvalue weighted by atomic mass is 35.5. The van der Waals surface area contributed by atoms with E-state index in [9.17, 15) is 4.79 Å². The fraction of sp³-hybridized carbons (Fsp3) is 0. The van der Waals surface area contributed by atoms with Gasteiger partial charge in [0, 0.05) is 18.0 Å². The van der Waals surface area contributed by atoms with E-state index in [2.05, 4.69) is 25.3 Å². The lowest BCUT2D eigenvalue weighted by molar-refractivity contribution is 0.877. The molecule has 5 rings (SSSR count). The van der Waals surface area contributed by atoms with E-state index in [0.717, 1.165) is 0 Å². The number of H-pyrrole nitrogens is 1. The fourth-order valence-corrected chi connectivity index (χ4v) is 3.98. The van der Waals surface area contributed by atoms with Crippen LogP contribution in [0.2, 0.25) is 10.0 Å². The summed E-state index contributed by atoms with van der Waals surface area (Å²) in [6.45, 7) is 0. The van der Waals surface area contributed by atoms with E-state index in [1.54, 1.807) is 35.1 Å². The number of nitrogens with zero attached hydrogens (tertiary/aromatic N) is 5. The van der Waals surface area contributed by atoms with E-state index < -0.39 is 0 Å². The van der Waals surface area contributed by atoms with Crippen LogP contribution in [-0.2, 0) is 0 Å². The Balaban J connectivity index is 1.92. The Kier molecular flexibility index (Phi) is 3.08. The van der Waals surface area contributed by atoms with Gasteiger partial charge in [-0.05, 0) is 12.1 Å². The molecule has 7 nitrogen and oxygen atoms in total.